The second-order valence-electron chi connectivity index (χ2n) is 6.23. The van der Waals surface area contributed by atoms with Crippen LogP contribution in [0.5, 0.6) is 0 Å². The second-order valence-corrected chi connectivity index (χ2v) is 6.23. The average molecular weight is 408 g/mol. The van der Waals surface area contributed by atoms with Gasteiger partial charge >= 0.3 is 18.0 Å². The Morgan fingerprint density at radius 3 is 2.32 bits per heavy atom. The number of halogens is 6. The molecule has 12 heteroatoms. The van der Waals surface area contributed by atoms with E-state index in [4.69, 9.17) is 0 Å². The van der Waals surface area contributed by atoms with Crippen molar-refractivity contribution in [2.24, 2.45) is 0 Å². The summed E-state index contributed by atoms with van der Waals surface area (Å²) in [5.74, 6) is -2.38. The molecule has 0 bridgehead atoms. The molecule has 3 rings (SSSR count). The molecule has 0 aliphatic heterocycles. The van der Waals surface area contributed by atoms with Gasteiger partial charge in [-0.05, 0) is 25.0 Å². The highest BCUT2D eigenvalue weighted by Gasteiger charge is 2.43. The van der Waals surface area contributed by atoms with Gasteiger partial charge in [0, 0.05) is 12.6 Å². The van der Waals surface area contributed by atoms with E-state index in [1.54, 1.807) is 0 Å². The van der Waals surface area contributed by atoms with Crippen LogP contribution in [0.2, 0.25) is 0 Å². The molecule has 28 heavy (non-hydrogen) atoms. The van der Waals surface area contributed by atoms with Gasteiger partial charge in [0.15, 0.2) is 0 Å². The predicted molar refractivity (Wildman–Crippen MR) is 83.5 cm³/mol. The second kappa shape index (κ2) is 6.99. The molecule has 0 spiro atoms. The van der Waals surface area contributed by atoms with Crippen molar-refractivity contribution in [2.45, 2.75) is 37.8 Å². The number of alkyl halides is 6. The van der Waals surface area contributed by atoms with E-state index in [1.807, 2.05) is 0 Å². The van der Waals surface area contributed by atoms with Crippen molar-refractivity contribution >= 4 is 5.91 Å². The molecule has 2 aromatic rings. The van der Waals surface area contributed by atoms with Crippen molar-refractivity contribution in [1.29, 1.82) is 0 Å². The summed E-state index contributed by atoms with van der Waals surface area (Å²) in [6.07, 6.45) is -8.70. The van der Waals surface area contributed by atoms with Gasteiger partial charge in [0.25, 0.3) is 5.91 Å². The quantitative estimate of drug-likeness (QED) is 0.774. The van der Waals surface area contributed by atoms with Gasteiger partial charge in [-0.15, -0.1) is 5.10 Å². The van der Waals surface area contributed by atoms with Crippen LogP contribution in [0.15, 0.2) is 29.1 Å². The van der Waals surface area contributed by atoms with Crippen molar-refractivity contribution in [3.63, 3.8) is 0 Å². The first-order valence-electron chi connectivity index (χ1n) is 8.21. The molecule has 0 atom stereocenters. The van der Waals surface area contributed by atoms with Gasteiger partial charge in [0.05, 0.1) is 17.7 Å². The van der Waals surface area contributed by atoms with Crippen molar-refractivity contribution in [3.05, 3.63) is 51.7 Å². The molecule has 1 N–H and O–H groups in total. The Morgan fingerprint density at radius 2 is 1.75 bits per heavy atom. The Labute approximate surface area is 153 Å². The lowest BCUT2D eigenvalue weighted by atomic mass is 10.1. The molecule has 1 aromatic carbocycles. The van der Waals surface area contributed by atoms with E-state index in [0.717, 1.165) is 18.2 Å². The summed E-state index contributed by atoms with van der Waals surface area (Å²) < 4.78 is 79.1. The Hall–Kier alpha value is -2.79. The fourth-order valence-electron chi connectivity index (χ4n) is 2.72. The maximum absolute atomic E-state index is 13.0. The van der Waals surface area contributed by atoms with E-state index in [9.17, 15) is 35.9 Å². The average Bonchev–Trinajstić information content (AvgIpc) is 3.37. The number of carbonyl (C=O) groups excluding carboxylic acids is 1. The van der Waals surface area contributed by atoms with E-state index in [2.05, 4.69) is 10.4 Å². The first kappa shape index (κ1) is 20.0. The third-order valence-electron chi connectivity index (χ3n) is 4.12. The van der Waals surface area contributed by atoms with Crippen molar-refractivity contribution < 1.29 is 31.1 Å². The normalized spacial score (nSPS) is 14.9. The Balaban J connectivity index is 1.73. The Kier molecular flexibility index (Phi) is 4.98. The lowest BCUT2D eigenvalue weighted by Gasteiger charge is -2.12. The molecule has 152 valence electrons. The molecule has 1 heterocycles. The van der Waals surface area contributed by atoms with Gasteiger partial charge < -0.3 is 5.32 Å². The maximum atomic E-state index is 13.0. The molecule has 0 saturated heterocycles. The van der Waals surface area contributed by atoms with E-state index in [1.165, 1.54) is 6.07 Å². The lowest BCUT2D eigenvalue weighted by Crippen LogP contribution is -2.33. The molecule has 0 radical (unpaired) electrons. The van der Waals surface area contributed by atoms with Crippen molar-refractivity contribution in [1.82, 2.24) is 19.7 Å². The van der Waals surface area contributed by atoms with Crippen LogP contribution in [0.4, 0.5) is 26.3 Å². The number of benzene rings is 1. The maximum Gasteiger partial charge on any atom is 0.451 e. The number of carbonyl (C=O) groups is 1. The number of nitrogens with zero attached hydrogens (tertiary/aromatic N) is 3. The zero-order valence-corrected chi connectivity index (χ0v) is 14.1. The molecule has 1 amide bonds. The molecule has 1 aromatic heterocycles. The monoisotopic (exact) mass is 408 g/mol. The number of hydrogen-bond acceptors (Lipinski definition) is 3. The van der Waals surface area contributed by atoms with Crippen LogP contribution >= 0.6 is 0 Å². The number of nitrogens with one attached hydrogen (secondary N) is 1. The van der Waals surface area contributed by atoms with Crippen molar-refractivity contribution in [2.75, 3.05) is 6.54 Å². The summed E-state index contributed by atoms with van der Waals surface area (Å²) in [6.45, 7) is -0.786. The molecule has 1 aliphatic rings. The van der Waals surface area contributed by atoms with Crippen molar-refractivity contribution in [3.8, 4) is 0 Å². The zero-order valence-electron chi connectivity index (χ0n) is 14.1. The molecule has 1 saturated carbocycles. The molecule has 1 aliphatic carbocycles. The van der Waals surface area contributed by atoms with Gasteiger partial charge in [-0.2, -0.15) is 26.3 Å². The number of hydrogen-bond donors (Lipinski definition) is 1. The third-order valence-corrected chi connectivity index (χ3v) is 4.12. The zero-order chi connectivity index (χ0) is 20.7. The van der Waals surface area contributed by atoms with Gasteiger partial charge in [0.2, 0.25) is 5.82 Å². The minimum Gasteiger partial charge on any atom is -0.350 e. The number of rotatable bonds is 5. The lowest BCUT2D eigenvalue weighted by molar-refractivity contribution is -0.148. The highest BCUT2D eigenvalue weighted by Crippen LogP contribution is 2.38. The van der Waals surface area contributed by atoms with E-state index < -0.39 is 53.5 Å². The smallest absolute Gasteiger partial charge is 0.350 e. The number of aromatic nitrogens is 3. The largest absolute Gasteiger partial charge is 0.451 e. The summed E-state index contributed by atoms with van der Waals surface area (Å²) in [5, 5.41) is 5.45. The third kappa shape index (κ3) is 4.04. The summed E-state index contributed by atoms with van der Waals surface area (Å²) >= 11 is 0. The highest BCUT2D eigenvalue weighted by atomic mass is 19.4. The summed E-state index contributed by atoms with van der Waals surface area (Å²) in [7, 11) is 0. The van der Waals surface area contributed by atoms with E-state index >= 15 is 0 Å². The van der Waals surface area contributed by atoms with Gasteiger partial charge in [-0.1, -0.05) is 12.1 Å². The molecule has 6 nitrogen and oxygen atoms in total. The van der Waals surface area contributed by atoms with Gasteiger partial charge in [-0.3, -0.25) is 9.36 Å². The Morgan fingerprint density at radius 1 is 1.11 bits per heavy atom. The molecular weight excluding hydrogens is 394 g/mol. The minimum absolute atomic E-state index is 0.371. The fraction of sp³-hybridized carbons (Fsp3) is 0.438. The van der Waals surface area contributed by atoms with Gasteiger partial charge in [-0.25, -0.2) is 9.48 Å². The van der Waals surface area contributed by atoms with E-state index in [-0.39, 0.29) is 6.54 Å². The SMILES string of the molecule is O=C(NCCn1nc(C(F)(F)F)n(C2CC2)c1=O)c1ccccc1C(F)(F)F. The van der Waals surface area contributed by atoms with E-state index in [0.29, 0.717) is 22.1 Å². The molecular formula is C16H14F6N4O2. The highest BCUT2D eigenvalue weighted by molar-refractivity contribution is 5.95. The van der Waals surface area contributed by atoms with Crippen LogP contribution in [0.3, 0.4) is 0 Å². The van der Waals surface area contributed by atoms with Crippen LogP contribution < -0.4 is 11.0 Å². The molecule has 1 fully saturated rings. The van der Waals surface area contributed by atoms with Crippen LogP contribution in [0.1, 0.15) is 40.6 Å². The Bertz CT molecular complexity index is 940. The first-order valence-corrected chi connectivity index (χ1v) is 8.21. The van der Waals surface area contributed by atoms with Crippen LogP contribution in [0.25, 0.3) is 0 Å². The summed E-state index contributed by atoms with van der Waals surface area (Å²) in [4.78, 5) is 24.2. The summed E-state index contributed by atoms with van der Waals surface area (Å²) in [6, 6.07) is 3.54. The number of amides is 1. The van der Waals surface area contributed by atoms with Crippen LogP contribution in [-0.4, -0.2) is 26.8 Å². The topological polar surface area (TPSA) is 68.9 Å². The molecule has 0 unspecified atom stereocenters. The van der Waals surface area contributed by atoms with Gasteiger partial charge in [0.1, 0.15) is 0 Å². The predicted octanol–water partition coefficient (Wildman–Crippen LogP) is 2.85. The van der Waals surface area contributed by atoms with Crippen LogP contribution in [-0.2, 0) is 18.9 Å². The fourth-order valence-corrected chi connectivity index (χ4v) is 2.72. The standard InChI is InChI=1S/C16H14F6N4O2/c17-15(18,19)11-4-2-1-3-10(11)12(27)23-7-8-25-14(28)26(9-5-6-9)13(24-25)16(20,21)22/h1-4,9H,5-8H2,(H,23,27). The minimum atomic E-state index is -4.82. The summed E-state index contributed by atoms with van der Waals surface area (Å²) in [5.41, 5.74) is -2.73. The van der Waals surface area contributed by atoms with Crippen LogP contribution in [0, 0.1) is 0 Å². The first-order chi connectivity index (χ1) is 13.0.